The van der Waals surface area contributed by atoms with Gasteiger partial charge in [-0.1, -0.05) is 5.92 Å². The van der Waals surface area contributed by atoms with E-state index in [9.17, 15) is 0 Å². The number of terminal acetylenes is 1. The second-order valence-corrected chi connectivity index (χ2v) is 3.82. The summed E-state index contributed by atoms with van der Waals surface area (Å²) >= 11 is 1.63. The quantitative estimate of drug-likeness (QED) is 0.555. The summed E-state index contributed by atoms with van der Waals surface area (Å²) in [4.78, 5) is 6.45. The van der Waals surface area contributed by atoms with Gasteiger partial charge in [0.15, 0.2) is 0 Å². The summed E-state index contributed by atoms with van der Waals surface area (Å²) in [5.74, 6) is 2.55. The van der Waals surface area contributed by atoms with Gasteiger partial charge in [0.25, 0.3) is 0 Å². The number of likely N-dealkylation sites (N-methyl/N-ethyl adjacent to an activating group) is 1. The minimum Gasteiger partial charge on any atom is -0.305 e. The standard InChI is InChI=1S/C10H15N3S/c1-3-4-11-5-6-13(2)7-10-8-14-9-12-10/h1,8-9,11H,4-7H2,2H3. The van der Waals surface area contributed by atoms with Gasteiger partial charge < -0.3 is 5.32 Å². The van der Waals surface area contributed by atoms with Crippen LogP contribution in [0, 0.1) is 12.3 Å². The van der Waals surface area contributed by atoms with Gasteiger partial charge in [-0.05, 0) is 7.05 Å². The van der Waals surface area contributed by atoms with Crippen molar-refractivity contribution in [1.82, 2.24) is 15.2 Å². The summed E-state index contributed by atoms with van der Waals surface area (Å²) in [5, 5.41) is 5.22. The lowest BCUT2D eigenvalue weighted by atomic mass is 10.4. The Labute approximate surface area is 89.2 Å². The zero-order valence-electron chi connectivity index (χ0n) is 8.36. The van der Waals surface area contributed by atoms with E-state index in [1.165, 1.54) is 0 Å². The fourth-order valence-electron chi connectivity index (χ4n) is 1.10. The largest absolute Gasteiger partial charge is 0.305 e. The molecule has 1 N–H and O–H groups in total. The van der Waals surface area contributed by atoms with Crippen molar-refractivity contribution in [1.29, 1.82) is 0 Å². The average Bonchev–Trinajstić information content (AvgIpc) is 2.65. The van der Waals surface area contributed by atoms with E-state index >= 15 is 0 Å². The van der Waals surface area contributed by atoms with E-state index < -0.39 is 0 Å². The molecule has 0 aromatic carbocycles. The Kier molecular flexibility index (Phi) is 5.23. The molecule has 1 heterocycles. The molecule has 1 aromatic heterocycles. The van der Waals surface area contributed by atoms with E-state index in [0.29, 0.717) is 6.54 Å². The van der Waals surface area contributed by atoms with Gasteiger partial charge in [-0.3, -0.25) is 4.90 Å². The zero-order chi connectivity index (χ0) is 10.2. The zero-order valence-corrected chi connectivity index (χ0v) is 9.18. The molecule has 0 radical (unpaired) electrons. The number of hydrogen-bond acceptors (Lipinski definition) is 4. The fraction of sp³-hybridized carbons (Fsp3) is 0.500. The molecule has 0 unspecified atom stereocenters. The van der Waals surface area contributed by atoms with Crippen LogP contribution >= 0.6 is 11.3 Å². The Balaban J connectivity index is 2.11. The van der Waals surface area contributed by atoms with E-state index in [0.717, 1.165) is 25.3 Å². The average molecular weight is 209 g/mol. The highest BCUT2D eigenvalue weighted by molar-refractivity contribution is 7.07. The smallest absolute Gasteiger partial charge is 0.0795 e. The predicted molar refractivity (Wildman–Crippen MR) is 60.2 cm³/mol. The molecule has 14 heavy (non-hydrogen) atoms. The van der Waals surface area contributed by atoms with Crippen molar-refractivity contribution in [3.05, 3.63) is 16.6 Å². The number of rotatable bonds is 6. The molecule has 1 rings (SSSR count). The van der Waals surface area contributed by atoms with E-state index in [-0.39, 0.29) is 0 Å². The highest BCUT2D eigenvalue weighted by Gasteiger charge is 2.00. The SMILES string of the molecule is C#CCNCCN(C)Cc1cscn1. The lowest BCUT2D eigenvalue weighted by molar-refractivity contribution is 0.323. The molecule has 0 saturated heterocycles. The molecule has 0 fully saturated rings. The fourth-order valence-corrected chi connectivity index (χ4v) is 1.65. The van der Waals surface area contributed by atoms with Gasteiger partial charge in [0.2, 0.25) is 0 Å². The maximum atomic E-state index is 5.12. The summed E-state index contributed by atoms with van der Waals surface area (Å²) in [6.45, 7) is 3.45. The monoisotopic (exact) mass is 209 g/mol. The number of nitrogens with zero attached hydrogens (tertiary/aromatic N) is 2. The molecule has 0 spiro atoms. The van der Waals surface area contributed by atoms with Crippen molar-refractivity contribution in [2.75, 3.05) is 26.7 Å². The molecule has 0 saturated carbocycles. The van der Waals surface area contributed by atoms with Crippen LogP contribution in [0.15, 0.2) is 10.9 Å². The molecule has 0 amide bonds. The molecule has 0 aliphatic carbocycles. The van der Waals surface area contributed by atoms with Crippen molar-refractivity contribution in [3.8, 4) is 12.3 Å². The third-order valence-corrected chi connectivity index (χ3v) is 2.45. The lowest BCUT2D eigenvalue weighted by Crippen LogP contribution is -2.29. The van der Waals surface area contributed by atoms with E-state index in [1.54, 1.807) is 11.3 Å². The molecule has 0 aliphatic rings. The maximum Gasteiger partial charge on any atom is 0.0795 e. The van der Waals surface area contributed by atoms with Gasteiger partial charge in [-0.25, -0.2) is 4.98 Å². The summed E-state index contributed by atoms with van der Waals surface area (Å²) in [6.07, 6.45) is 5.12. The molecule has 0 aliphatic heterocycles. The normalized spacial score (nSPS) is 10.4. The number of hydrogen-bond donors (Lipinski definition) is 1. The summed E-state index contributed by atoms with van der Waals surface area (Å²) in [6, 6.07) is 0. The summed E-state index contributed by atoms with van der Waals surface area (Å²) in [5.41, 5.74) is 2.99. The van der Waals surface area contributed by atoms with E-state index in [2.05, 4.69) is 33.5 Å². The molecule has 0 atom stereocenters. The minimum absolute atomic E-state index is 0.643. The summed E-state index contributed by atoms with van der Waals surface area (Å²) < 4.78 is 0. The third-order valence-electron chi connectivity index (χ3n) is 1.81. The Morgan fingerprint density at radius 2 is 2.57 bits per heavy atom. The van der Waals surface area contributed by atoms with Gasteiger partial charge in [-0.15, -0.1) is 17.8 Å². The Bertz CT molecular complexity index is 276. The van der Waals surface area contributed by atoms with Crippen LogP contribution in [0.5, 0.6) is 0 Å². The van der Waals surface area contributed by atoms with Crippen LogP contribution in [0.4, 0.5) is 0 Å². The van der Waals surface area contributed by atoms with Crippen molar-refractivity contribution >= 4 is 11.3 Å². The first kappa shape index (κ1) is 11.2. The second kappa shape index (κ2) is 6.55. The van der Waals surface area contributed by atoms with Gasteiger partial charge >= 0.3 is 0 Å². The molecule has 76 valence electrons. The Morgan fingerprint density at radius 1 is 1.71 bits per heavy atom. The van der Waals surface area contributed by atoms with Crippen LogP contribution < -0.4 is 5.32 Å². The predicted octanol–water partition coefficient (Wildman–Crippen LogP) is 0.798. The third kappa shape index (κ3) is 4.38. The van der Waals surface area contributed by atoms with E-state index in [4.69, 9.17) is 6.42 Å². The first-order valence-electron chi connectivity index (χ1n) is 4.52. The van der Waals surface area contributed by atoms with Gasteiger partial charge in [0.1, 0.15) is 0 Å². The Hall–Kier alpha value is -0.890. The van der Waals surface area contributed by atoms with Crippen molar-refractivity contribution < 1.29 is 0 Å². The van der Waals surface area contributed by atoms with Gasteiger partial charge in [-0.2, -0.15) is 0 Å². The van der Waals surface area contributed by atoms with Gasteiger partial charge in [0, 0.05) is 25.0 Å². The van der Waals surface area contributed by atoms with Crippen LogP contribution in [0.2, 0.25) is 0 Å². The molecule has 1 aromatic rings. The first-order chi connectivity index (χ1) is 6.83. The van der Waals surface area contributed by atoms with Crippen LogP contribution in [0.1, 0.15) is 5.69 Å². The highest BCUT2D eigenvalue weighted by atomic mass is 32.1. The molecule has 3 nitrogen and oxygen atoms in total. The summed E-state index contributed by atoms with van der Waals surface area (Å²) in [7, 11) is 2.08. The van der Waals surface area contributed by atoms with Crippen molar-refractivity contribution in [2.45, 2.75) is 6.54 Å². The lowest BCUT2D eigenvalue weighted by Gasteiger charge is -2.14. The van der Waals surface area contributed by atoms with Crippen molar-refractivity contribution in [3.63, 3.8) is 0 Å². The number of nitrogens with one attached hydrogen (secondary N) is 1. The topological polar surface area (TPSA) is 28.2 Å². The van der Waals surface area contributed by atoms with Gasteiger partial charge in [0.05, 0.1) is 17.7 Å². The molecular formula is C10H15N3S. The second-order valence-electron chi connectivity index (χ2n) is 3.10. The molecule has 4 heteroatoms. The Morgan fingerprint density at radius 3 is 3.21 bits per heavy atom. The number of aromatic nitrogens is 1. The molecular weight excluding hydrogens is 194 g/mol. The van der Waals surface area contributed by atoms with E-state index in [1.807, 2.05) is 5.51 Å². The maximum absolute atomic E-state index is 5.12. The first-order valence-corrected chi connectivity index (χ1v) is 5.47. The number of thiazole rings is 1. The van der Waals surface area contributed by atoms with Crippen molar-refractivity contribution in [2.24, 2.45) is 0 Å². The minimum atomic E-state index is 0.643. The highest BCUT2D eigenvalue weighted by Crippen LogP contribution is 2.03. The van der Waals surface area contributed by atoms with Crippen LogP contribution in [-0.4, -0.2) is 36.6 Å². The molecule has 0 bridgehead atoms. The van der Waals surface area contributed by atoms with Crippen LogP contribution in [0.25, 0.3) is 0 Å². The van der Waals surface area contributed by atoms with Crippen LogP contribution in [0.3, 0.4) is 0 Å². The van der Waals surface area contributed by atoms with Crippen LogP contribution in [-0.2, 0) is 6.54 Å².